The van der Waals surface area contributed by atoms with Crippen LogP contribution in [0.2, 0.25) is 0 Å². The molecule has 25 heavy (non-hydrogen) atoms. The van der Waals surface area contributed by atoms with Gasteiger partial charge < -0.3 is 14.7 Å². The molecule has 8 heteroatoms. The van der Waals surface area contributed by atoms with E-state index in [2.05, 4.69) is 32.0 Å². The monoisotopic (exact) mass is 346 g/mol. The smallest absolute Gasteiger partial charge is 0.151 e. The number of nitrogens with zero attached hydrogens (tertiary/aromatic N) is 6. The van der Waals surface area contributed by atoms with E-state index < -0.39 is 6.10 Å². The molecule has 2 atom stereocenters. The number of β-amino-alcohol motifs (C(OH)–C–C–N with tert-alkyl or cyclic N) is 1. The zero-order chi connectivity index (χ0) is 17.5. The first-order chi connectivity index (χ1) is 12.2. The van der Waals surface area contributed by atoms with E-state index in [9.17, 15) is 5.11 Å². The summed E-state index contributed by atoms with van der Waals surface area (Å²) in [7, 11) is 0. The molecule has 1 aliphatic heterocycles. The molecule has 0 unspecified atom stereocenters. The van der Waals surface area contributed by atoms with Crippen molar-refractivity contribution in [3.05, 3.63) is 36.8 Å². The van der Waals surface area contributed by atoms with Crippen molar-refractivity contribution in [2.75, 3.05) is 44.2 Å². The third-order valence-corrected chi connectivity index (χ3v) is 4.34. The van der Waals surface area contributed by atoms with Gasteiger partial charge in [0.05, 0.1) is 25.4 Å². The molecule has 0 spiro atoms. The predicted octanol–water partition coefficient (Wildman–Crippen LogP) is 0.261. The van der Waals surface area contributed by atoms with Gasteiger partial charge in [-0.15, -0.1) is 5.10 Å². The van der Waals surface area contributed by atoms with Gasteiger partial charge in [0.2, 0.25) is 0 Å². The van der Waals surface area contributed by atoms with Crippen LogP contribution in [0.5, 0.6) is 0 Å². The first-order valence-electron chi connectivity index (χ1n) is 8.76. The average Bonchev–Trinajstić information content (AvgIpc) is 3.13. The summed E-state index contributed by atoms with van der Waals surface area (Å²) in [5, 5.41) is 22.6. The van der Waals surface area contributed by atoms with Gasteiger partial charge in [-0.25, -0.2) is 0 Å². The minimum absolute atomic E-state index is 0.0904. The molecule has 1 saturated heterocycles. The minimum Gasteiger partial charge on any atom is -0.390 e. The van der Waals surface area contributed by atoms with Crippen LogP contribution in [-0.4, -0.2) is 81.5 Å². The number of aliphatic hydroxyl groups excluding tert-OH is 1. The van der Waals surface area contributed by atoms with Crippen molar-refractivity contribution < 1.29 is 9.84 Å². The van der Waals surface area contributed by atoms with Gasteiger partial charge >= 0.3 is 0 Å². The summed E-state index contributed by atoms with van der Waals surface area (Å²) < 4.78 is 7.68. The first kappa shape index (κ1) is 17.8. The van der Waals surface area contributed by atoms with Crippen LogP contribution in [0.15, 0.2) is 36.8 Å². The van der Waals surface area contributed by atoms with Crippen LogP contribution in [-0.2, 0) is 11.3 Å². The Bertz CT molecular complexity index is 609. The van der Waals surface area contributed by atoms with Gasteiger partial charge in [-0.2, -0.15) is 10.2 Å². The molecular weight excluding hydrogens is 320 g/mol. The van der Waals surface area contributed by atoms with Gasteiger partial charge in [-0.3, -0.25) is 9.58 Å². The van der Waals surface area contributed by atoms with Crippen molar-refractivity contribution in [1.29, 1.82) is 0 Å². The summed E-state index contributed by atoms with van der Waals surface area (Å²) >= 11 is 0. The van der Waals surface area contributed by atoms with Gasteiger partial charge in [0.15, 0.2) is 5.82 Å². The third-order valence-electron chi connectivity index (χ3n) is 4.34. The van der Waals surface area contributed by atoms with Crippen molar-refractivity contribution in [3.63, 3.8) is 0 Å². The number of hydrogen-bond donors (Lipinski definition) is 1. The molecule has 0 radical (unpaired) electrons. The van der Waals surface area contributed by atoms with E-state index in [-0.39, 0.29) is 6.10 Å². The Morgan fingerprint density at radius 1 is 1.36 bits per heavy atom. The number of morpholine rings is 1. The molecule has 2 aromatic rings. The SMILES string of the molecule is CCN(C[C@@H]1CN(C[C@H](O)Cn2cccn2)CCO1)c1cccnn1. The number of ether oxygens (including phenoxy) is 1. The standard InChI is InChI=1S/C17H26N6O2/c1-2-22(17-5-3-6-18-20-17)14-16-13-21(9-10-25-16)11-15(24)12-23-8-4-7-19-23/h3-8,15-16,24H,2,9-14H2,1H3/t15-,16-/m0/s1. The summed E-state index contributed by atoms with van der Waals surface area (Å²) in [6, 6.07) is 5.72. The van der Waals surface area contributed by atoms with Crippen LogP contribution in [0.4, 0.5) is 5.82 Å². The van der Waals surface area contributed by atoms with Crippen molar-refractivity contribution in [1.82, 2.24) is 24.9 Å². The van der Waals surface area contributed by atoms with E-state index in [0.717, 1.165) is 32.0 Å². The summed E-state index contributed by atoms with van der Waals surface area (Å²) in [5.41, 5.74) is 0. The van der Waals surface area contributed by atoms with Crippen LogP contribution in [0.1, 0.15) is 6.92 Å². The molecule has 0 aromatic carbocycles. The first-order valence-corrected chi connectivity index (χ1v) is 8.76. The van der Waals surface area contributed by atoms with E-state index in [1.807, 2.05) is 24.4 Å². The van der Waals surface area contributed by atoms with Gasteiger partial charge in [-0.1, -0.05) is 0 Å². The zero-order valence-electron chi connectivity index (χ0n) is 14.6. The Kier molecular flexibility index (Phi) is 6.32. The normalized spacial score (nSPS) is 19.7. The van der Waals surface area contributed by atoms with Gasteiger partial charge in [-0.05, 0) is 25.1 Å². The molecule has 0 aliphatic carbocycles. The molecule has 1 N–H and O–H groups in total. The van der Waals surface area contributed by atoms with E-state index in [1.165, 1.54) is 0 Å². The lowest BCUT2D eigenvalue weighted by molar-refractivity contribution is -0.0382. The van der Waals surface area contributed by atoms with Crippen LogP contribution in [0.3, 0.4) is 0 Å². The fraction of sp³-hybridized carbons (Fsp3) is 0.588. The maximum absolute atomic E-state index is 10.3. The van der Waals surface area contributed by atoms with Crippen LogP contribution in [0, 0.1) is 0 Å². The van der Waals surface area contributed by atoms with Crippen LogP contribution >= 0.6 is 0 Å². The highest BCUT2D eigenvalue weighted by molar-refractivity contribution is 5.36. The topological polar surface area (TPSA) is 79.5 Å². The number of anilines is 1. The van der Waals surface area contributed by atoms with Crippen molar-refractivity contribution in [2.45, 2.75) is 25.7 Å². The van der Waals surface area contributed by atoms with Gasteiger partial charge in [0.25, 0.3) is 0 Å². The lowest BCUT2D eigenvalue weighted by Crippen LogP contribution is -2.50. The Morgan fingerprint density at radius 3 is 3.00 bits per heavy atom. The van der Waals surface area contributed by atoms with Crippen molar-refractivity contribution in [3.8, 4) is 0 Å². The Morgan fingerprint density at radius 2 is 2.28 bits per heavy atom. The van der Waals surface area contributed by atoms with E-state index in [0.29, 0.717) is 19.7 Å². The number of rotatable bonds is 8. The predicted molar refractivity (Wildman–Crippen MR) is 94.3 cm³/mol. The summed E-state index contributed by atoms with van der Waals surface area (Å²) in [5.74, 6) is 0.865. The zero-order valence-corrected chi connectivity index (χ0v) is 14.6. The van der Waals surface area contributed by atoms with Crippen LogP contribution < -0.4 is 4.90 Å². The summed E-state index contributed by atoms with van der Waals surface area (Å²) in [6.45, 7) is 7.16. The fourth-order valence-electron chi connectivity index (χ4n) is 3.13. The number of aromatic nitrogens is 4. The molecule has 3 rings (SSSR count). The van der Waals surface area contributed by atoms with Crippen molar-refractivity contribution >= 4 is 5.82 Å². The molecule has 136 valence electrons. The van der Waals surface area contributed by atoms with E-state index in [1.54, 1.807) is 17.1 Å². The Balaban J connectivity index is 1.50. The number of hydrogen-bond acceptors (Lipinski definition) is 7. The molecule has 2 aromatic heterocycles. The Labute approximate surface area is 148 Å². The maximum Gasteiger partial charge on any atom is 0.151 e. The lowest BCUT2D eigenvalue weighted by Gasteiger charge is -2.36. The van der Waals surface area contributed by atoms with Gasteiger partial charge in [0, 0.05) is 51.3 Å². The fourth-order valence-corrected chi connectivity index (χ4v) is 3.13. The summed E-state index contributed by atoms with van der Waals surface area (Å²) in [6.07, 6.45) is 4.92. The molecule has 0 bridgehead atoms. The van der Waals surface area contributed by atoms with E-state index in [4.69, 9.17) is 4.74 Å². The highest BCUT2D eigenvalue weighted by atomic mass is 16.5. The molecule has 1 fully saturated rings. The minimum atomic E-state index is -0.444. The second-order valence-corrected chi connectivity index (χ2v) is 6.25. The Hall–Kier alpha value is -2.03. The van der Waals surface area contributed by atoms with Crippen molar-refractivity contribution in [2.24, 2.45) is 0 Å². The second kappa shape index (κ2) is 8.89. The molecule has 1 aliphatic rings. The second-order valence-electron chi connectivity index (χ2n) is 6.25. The summed E-state index contributed by atoms with van der Waals surface area (Å²) in [4.78, 5) is 4.42. The largest absolute Gasteiger partial charge is 0.390 e. The molecular formula is C17H26N6O2. The molecule has 8 nitrogen and oxygen atoms in total. The number of aliphatic hydroxyl groups is 1. The highest BCUT2D eigenvalue weighted by Crippen LogP contribution is 2.13. The van der Waals surface area contributed by atoms with Gasteiger partial charge in [0.1, 0.15) is 0 Å². The van der Waals surface area contributed by atoms with E-state index >= 15 is 0 Å². The quantitative estimate of drug-likeness (QED) is 0.734. The maximum atomic E-state index is 10.3. The average molecular weight is 346 g/mol. The third kappa shape index (κ3) is 5.22. The lowest BCUT2D eigenvalue weighted by atomic mass is 10.2. The molecule has 0 saturated carbocycles. The van der Waals surface area contributed by atoms with Crippen LogP contribution in [0.25, 0.3) is 0 Å². The molecule has 0 amide bonds. The highest BCUT2D eigenvalue weighted by Gasteiger charge is 2.24. The number of likely N-dealkylation sites (N-methyl/N-ethyl adjacent to an activating group) is 1. The molecule has 3 heterocycles.